The zero-order valence-electron chi connectivity index (χ0n) is 17.8. The molecule has 1 saturated heterocycles. The van der Waals surface area contributed by atoms with Gasteiger partial charge in [-0.15, -0.1) is 0 Å². The van der Waals surface area contributed by atoms with Crippen LogP contribution in [0.4, 0.5) is 13.2 Å². The quantitative estimate of drug-likeness (QED) is 0.710. The number of pyridine rings is 1. The minimum atomic E-state index is -4.24. The summed E-state index contributed by atoms with van der Waals surface area (Å²) in [5, 5.41) is 12.8. The molecule has 0 spiro atoms. The van der Waals surface area contributed by atoms with Gasteiger partial charge < -0.3 is 15.3 Å². The number of carbonyl (C=O) groups is 1. The summed E-state index contributed by atoms with van der Waals surface area (Å²) in [4.78, 5) is 19.3. The molecule has 2 aromatic rings. The van der Waals surface area contributed by atoms with Crippen LogP contribution in [0.25, 0.3) is 16.5 Å². The molecule has 1 unspecified atom stereocenters. The topological polar surface area (TPSA) is 65.5 Å². The molecule has 8 heteroatoms. The fourth-order valence-electron chi connectivity index (χ4n) is 4.24. The van der Waals surface area contributed by atoms with E-state index in [0.29, 0.717) is 29.1 Å². The van der Waals surface area contributed by atoms with E-state index in [2.05, 4.69) is 15.2 Å². The van der Waals surface area contributed by atoms with Crippen molar-refractivity contribution in [1.29, 1.82) is 0 Å². The zero-order valence-corrected chi connectivity index (χ0v) is 17.8. The first-order chi connectivity index (χ1) is 15.3. The SMILES string of the molecule is C[C@H](NC(=O)c1cnc2c(C3=CCC(C(F)(F)F)C=C3)cccc2c1)C1CN(CCO)C1. The number of aromatic nitrogens is 1. The van der Waals surface area contributed by atoms with Crippen LogP contribution >= 0.6 is 0 Å². The lowest BCUT2D eigenvalue weighted by atomic mass is 9.91. The number of benzene rings is 1. The lowest BCUT2D eigenvalue weighted by molar-refractivity contribution is -0.160. The number of β-amino-alcohol motifs (C(OH)–C–C–N with tert-alkyl or cyclic N) is 1. The number of hydrogen-bond acceptors (Lipinski definition) is 4. The van der Waals surface area contributed by atoms with E-state index in [1.165, 1.54) is 18.3 Å². The third-order valence-corrected chi connectivity index (χ3v) is 6.27. The number of likely N-dealkylation sites (tertiary alicyclic amines) is 1. The van der Waals surface area contributed by atoms with Crippen molar-refractivity contribution < 1.29 is 23.1 Å². The number of aliphatic hydroxyl groups excluding tert-OH is 1. The predicted molar refractivity (Wildman–Crippen MR) is 117 cm³/mol. The molecule has 32 heavy (non-hydrogen) atoms. The molecule has 2 aliphatic rings. The number of nitrogens with one attached hydrogen (secondary N) is 1. The van der Waals surface area contributed by atoms with Crippen molar-refractivity contribution in [3.05, 3.63) is 59.8 Å². The Kier molecular flexibility index (Phi) is 6.35. The molecule has 2 N–H and O–H groups in total. The van der Waals surface area contributed by atoms with Crippen molar-refractivity contribution in [3.63, 3.8) is 0 Å². The number of para-hydroxylation sites is 1. The first-order valence-corrected chi connectivity index (χ1v) is 10.7. The molecule has 170 valence electrons. The Morgan fingerprint density at radius 1 is 1.34 bits per heavy atom. The summed E-state index contributed by atoms with van der Waals surface area (Å²) < 4.78 is 38.8. The summed E-state index contributed by atoms with van der Waals surface area (Å²) in [6.07, 6.45) is 1.46. The number of aliphatic hydroxyl groups is 1. The normalized spacial score (nSPS) is 20.7. The Bertz CT molecular complexity index is 1060. The molecule has 1 amide bonds. The minimum absolute atomic E-state index is 0.00131. The van der Waals surface area contributed by atoms with Crippen LogP contribution < -0.4 is 5.32 Å². The van der Waals surface area contributed by atoms with Crippen molar-refractivity contribution in [2.75, 3.05) is 26.2 Å². The van der Waals surface area contributed by atoms with Crippen molar-refractivity contribution in [1.82, 2.24) is 15.2 Å². The maximum absolute atomic E-state index is 12.9. The van der Waals surface area contributed by atoms with E-state index in [0.717, 1.165) is 24.0 Å². The molecule has 4 rings (SSSR count). The lowest BCUT2D eigenvalue weighted by Gasteiger charge is -2.42. The Morgan fingerprint density at radius 2 is 2.12 bits per heavy atom. The van der Waals surface area contributed by atoms with Gasteiger partial charge in [0.15, 0.2) is 0 Å². The maximum Gasteiger partial charge on any atom is 0.395 e. The van der Waals surface area contributed by atoms with Gasteiger partial charge in [-0.05, 0) is 25.0 Å². The second kappa shape index (κ2) is 9.03. The van der Waals surface area contributed by atoms with Crippen LogP contribution in [0.3, 0.4) is 0 Å². The average Bonchev–Trinajstić information content (AvgIpc) is 2.74. The monoisotopic (exact) mass is 445 g/mol. The molecular formula is C24H26F3N3O2. The standard InChI is InChI=1S/C24H26F3N3O2/c1-15(19-13-30(14-19)9-10-31)29-23(32)18-11-17-3-2-4-21(22(17)28-12-18)16-5-7-20(8-6-16)24(25,26)27/h2-7,11-12,15,19-20,31H,8-10,13-14H2,1H3,(H,29,32)/t15-,20?/m0/s1. The summed E-state index contributed by atoms with van der Waals surface area (Å²) >= 11 is 0. The van der Waals surface area contributed by atoms with Gasteiger partial charge in [-0.25, -0.2) is 0 Å². The van der Waals surface area contributed by atoms with Gasteiger partial charge in [-0.3, -0.25) is 9.78 Å². The maximum atomic E-state index is 12.9. The largest absolute Gasteiger partial charge is 0.395 e. The molecule has 2 heterocycles. The van der Waals surface area contributed by atoms with Crippen LogP contribution in [0.2, 0.25) is 0 Å². The molecule has 1 aliphatic carbocycles. The van der Waals surface area contributed by atoms with Crippen LogP contribution in [0, 0.1) is 11.8 Å². The molecule has 2 atom stereocenters. The second-order valence-electron chi connectivity index (χ2n) is 8.51. The van der Waals surface area contributed by atoms with E-state index in [9.17, 15) is 18.0 Å². The van der Waals surface area contributed by atoms with Gasteiger partial charge in [0.05, 0.1) is 23.6 Å². The number of fused-ring (bicyclic) bond motifs is 1. The molecule has 1 aliphatic heterocycles. The molecule has 1 aromatic heterocycles. The van der Waals surface area contributed by atoms with E-state index < -0.39 is 12.1 Å². The summed E-state index contributed by atoms with van der Waals surface area (Å²) in [7, 11) is 0. The van der Waals surface area contributed by atoms with Crippen LogP contribution in [-0.4, -0.2) is 59.4 Å². The fourth-order valence-corrected chi connectivity index (χ4v) is 4.24. The zero-order chi connectivity index (χ0) is 22.9. The predicted octanol–water partition coefficient (Wildman–Crippen LogP) is 3.80. The van der Waals surface area contributed by atoms with Gasteiger partial charge in [-0.1, -0.05) is 36.4 Å². The minimum Gasteiger partial charge on any atom is -0.395 e. The number of halogens is 3. The molecule has 0 bridgehead atoms. The molecule has 1 aromatic carbocycles. The number of nitrogens with zero attached hydrogens (tertiary/aromatic N) is 2. The number of hydrogen-bond donors (Lipinski definition) is 2. The highest BCUT2D eigenvalue weighted by atomic mass is 19.4. The highest BCUT2D eigenvalue weighted by molar-refractivity contribution is 6.00. The van der Waals surface area contributed by atoms with Crippen molar-refractivity contribution >= 4 is 22.4 Å². The van der Waals surface area contributed by atoms with Crippen molar-refractivity contribution in [2.45, 2.75) is 25.6 Å². The van der Waals surface area contributed by atoms with Gasteiger partial charge in [0.2, 0.25) is 0 Å². The Morgan fingerprint density at radius 3 is 2.78 bits per heavy atom. The van der Waals surface area contributed by atoms with Crippen LogP contribution in [-0.2, 0) is 0 Å². The van der Waals surface area contributed by atoms with Gasteiger partial charge >= 0.3 is 6.18 Å². The van der Waals surface area contributed by atoms with Crippen LogP contribution in [0.15, 0.2) is 48.7 Å². The first kappa shape index (κ1) is 22.5. The van der Waals surface area contributed by atoms with Crippen LogP contribution in [0.1, 0.15) is 29.3 Å². The summed E-state index contributed by atoms with van der Waals surface area (Å²) in [6, 6.07) is 7.25. The lowest BCUT2D eigenvalue weighted by Crippen LogP contribution is -2.56. The fraction of sp³-hybridized carbons (Fsp3) is 0.417. The Hall–Kier alpha value is -2.71. The second-order valence-corrected chi connectivity index (χ2v) is 8.51. The van der Waals surface area contributed by atoms with E-state index in [1.54, 1.807) is 12.1 Å². The molecule has 1 fully saturated rings. The molecule has 5 nitrogen and oxygen atoms in total. The molecule has 0 saturated carbocycles. The summed E-state index contributed by atoms with van der Waals surface area (Å²) in [5.41, 5.74) is 2.54. The van der Waals surface area contributed by atoms with Gasteiger partial charge in [0.1, 0.15) is 0 Å². The molecule has 0 radical (unpaired) electrons. The highest BCUT2D eigenvalue weighted by Gasteiger charge is 2.38. The Balaban J connectivity index is 1.47. The van der Waals surface area contributed by atoms with Gasteiger partial charge in [0, 0.05) is 48.7 Å². The number of alkyl halides is 3. The van der Waals surface area contributed by atoms with Crippen molar-refractivity contribution in [2.24, 2.45) is 11.8 Å². The highest BCUT2D eigenvalue weighted by Crippen LogP contribution is 2.36. The van der Waals surface area contributed by atoms with Crippen molar-refractivity contribution in [3.8, 4) is 0 Å². The van der Waals surface area contributed by atoms with Crippen LogP contribution in [0.5, 0.6) is 0 Å². The Labute approximate surface area is 184 Å². The van der Waals surface area contributed by atoms with E-state index in [1.807, 2.05) is 25.1 Å². The third-order valence-electron chi connectivity index (χ3n) is 6.27. The average molecular weight is 445 g/mol. The smallest absolute Gasteiger partial charge is 0.395 e. The van der Waals surface area contributed by atoms with Gasteiger partial charge in [-0.2, -0.15) is 13.2 Å². The van der Waals surface area contributed by atoms with E-state index in [4.69, 9.17) is 5.11 Å². The molecular weight excluding hydrogens is 419 g/mol. The summed E-state index contributed by atoms with van der Waals surface area (Å²) in [5.74, 6) is -1.32. The number of allylic oxidation sites excluding steroid dienone is 4. The first-order valence-electron chi connectivity index (χ1n) is 10.7. The number of rotatable bonds is 6. The number of amides is 1. The van der Waals surface area contributed by atoms with E-state index in [-0.39, 0.29) is 25.0 Å². The third kappa shape index (κ3) is 4.71. The van der Waals surface area contributed by atoms with Gasteiger partial charge in [0.25, 0.3) is 5.91 Å². The summed E-state index contributed by atoms with van der Waals surface area (Å²) in [6.45, 7) is 4.45. The number of carbonyl (C=O) groups excluding carboxylic acids is 1. The van der Waals surface area contributed by atoms with E-state index >= 15 is 0 Å².